The highest BCUT2D eigenvalue weighted by Gasteiger charge is 2.17. The van der Waals surface area contributed by atoms with Gasteiger partial charge in [-0.1, -0.05) is 17.7 Å². The summed E-state index contributed by atoms with van der Waals surface area (Å²) in [6, 6.07) is 8.41. The molecule has 0 aliphatic heterocycles. The Morgan fingerprint density at radius 3 is 2.76 bits per heavy atom. The van der Waals surface area contributed by atoms with Crippen LogP contribution in [0.2, 0.25) is 5.02 Å². The number of hydrogen-bond acceptors (Lipinski definition) is 4. The molecule has 0 unspecified atom stereocenters. The number of nitro benzene ring substituents is 1. The molecule has 0 fully saturated rings. The Hall–Kier alpha value is -2.18. The van der Waals surface area contributed by atoms with E-state index in [0.29, 0.717) is 5.56 Å². The van der Waals surface area contributed by atoms with Crippen molar-refractivity contribution >= 4 is 17.3 Å². The van der Waals surface area contributed by atoms with Crippen molar-refractivity contribution in [3.63, 3.8) is 0 Å². The lowest BCUT2D eigenvalue weighted by molar-refractivity contribution is -0.385. The third-order valence-corrected chi connectivity index (χ3v) is 3.19. The molecule has 0 spiro atoms. The zero-order valence-electron chi connectivity index (χ0n) is 10.9. The van der Waals surface area contributed by atoms with Crippen LogP contribution in [0, 0.1) is 15.9 Å². The second-order valence-electron chi connectivity index (χ2n) is 4.28. The molecule has 0 heterocycles. The van der Waals surface area contributed by atoms with Gasteiger partial charge in [-0.15, -0.1) is 0 Å². The van der Waals surface area contributed by atoms with Crippen LogP contribution in [0.15, 0.2) is 36.4 Å². The average molecular weight is 311 g/mol. The second-order valence-corrected chi connectivity index (χ2v) is 4.69. The van der Waals surface area contributed by atoms with E-state index in [9.17, 15) is 14.5 Å². The molecule has 2 rings (SSSR count). The molecule has 0 aliphatic carbocycles. The van der Waals surface area contributed by atoms with E-state index in [4.69, 9.17) is 22.1 Å². The standard InChI is InChI=1S/C14H12ClFN2O3/c15-13-2-1-3-14(18(19)20)12(13)8-21-11-5-9(7-17)4-10(16)6-11/h1-6H,7-8,17H2. The predicted molar refractivity (Wildman–Crippen MR) is 76.7 cm³/mol. The third kappa shape index (κ3) is 3.68. The highest BCUT2D eigenvalue weighted by Crippen LogP contribution is 2.28. The van der Waals surface area contributed by atoms with Crippen molar-refractivity contribution in [1.29, 1.82) is 0 Å². The molecule has 2 N–H and O–H groups in total. The minimum Gasteiger partial charge on any atom is -0.488 e. The normalized spacial score (nSPS) is 10.4. The summed E-state index contributed by atoms with van der Waals surface area (Å²) in [5.41, 5.74) is 6.12. The van der Waals surface area contributed by atoms with Crippen molar-refractivity contribution < 1.29 is 14.1 Å². The summed E-state index contributed by atoms with van der Waals surface area (Å²) in [5, 5.41) is 11.2. The first kappa shape index (κ1) is 15.2. The first-order valence-corrected chi connectivity index (χ1v) is 6.43. The van der Waals surface area contributed by atoms with E-state index in [2.05, 4.69) is 0 Å². The zero-order chi connectivity index (χ0) is 15.4. The van der Waals surface area contributed by atoms with Gasteiger partial charge in [0.2, 0.25) is 0 Å². The van der Waals surface area contributed by atoms with Crippen molar-refractivity contribution in [3.8, 4) is 5.75 Å². The summed E-state index contributed by atoms with van der Waals surface area (Å²) in [5.74, 6) is -0.244. The van der Waals surface area contributed by atoms with Gasteiger partial charge in [-0.05, 0) is 23.8 Å². The maximum Gasteiger partial charge on any atom is 0.277 e. The van der Waals surface area contributed by atoms with Crippen LogP contribution in [0.25, 0.3) is 0 Å². The Morgan fingerprint density at radius 1 is 1.33 bits per heavy atom. The lowest BCUT2D eigenvalue weighted by Gasteiger charge is -2.09. The van der Waals surface area contributed by atoms with E-state index in [1.807, 2.05) is 0 Å². The van der Waals surface area contributed by atoms with Gasteiger partial charge in [0.1, 0.15) is 18.2 Å². The van der Waals surface area contributed by atoms with Crippen molar-refractivity contribution in [2.45, 2.75) is 13.2 Å². The number of nitro groups is 1. The Kier molecular flexibility index (Phi) is 4.72. The summed E-state index contributed by atoms with van der Waals surface area (Å²) >= 11 is 5.95. The second kappa shape index (κ2) is 6.51. The fraction of sp³-hybridized carbons (Fsp3) is 0.143. The van der Waals surface area contributed by atoms with Crippen LogP contribution >= 0.6 is 11.6 Å². The molecule has 0 aromatic heterocycles. The summed E-state index contributed by atoms with van der Waals surface area (Å²) in [6.45, 7) is 0.0316. The fourth-order valence-corrected chi connectivity index (χ4v) is 2.06. The monoisotopic (exact) mass is 310 g/mol. The molecule has 0 atom stereocenters. The fourth-order valence-electron chi connectivity index (χ4n) is 1.84. The summed E-state index contributed by atoms with van der Waals surface area (Å²) in [7, 11) is 0. The van der Waals surface area contributed by atoms with Gasteiger partial charge in [-0.25, -0.2) is 4.39 Å². The first-order chi connectivity index (χ1) is 10.0. The minimum absolute atomic E-state index is 0.135. The number of hydrogen-bond donors (Lipinski definition) is 1. The topological polar surface area (TPSA) is 78.4 Å². The SMILES string of the molecule is NCc1cc(F)cc(OCc2c(Cl)cccc2[N+](=O)[O-])c1. The maximum absolute atomic E-state index is 13.4. The third-order valence-electron chi connectivity index (χ3n) is 2.84. The molecule has 0 saturated heterocycles. The van der Waals surface area contributed by atoms with E-state index in [-0.39, 0.29) is 35.2 Å². The number of nitrogens with two attached hydrogens (primary N) is 1. The average Bonchev–Trinajstić information content (AvgIpc) is 2.45. The molecule has 110 valence electrons. The van der Waals surface area contributed by atoms with Crippen molar-refractivity contribution in [3.05, 3.63) is 68.5 Å². The van der Waals surface area contributed by atoms with Crippen LogP contribution in [0.5, 0.6) is 5.75 Å². The lowest BCUT2D eigenvalue weighted by atomic mass is 10.2. The summed E-state index contributed by atoms with van der Waals surface area (Å²) in [4.78, 5) is 10.4. The molecular weight excluding hydrogens is 299 g/mol. The zero-order valence-corrected chi connectivity index (χ0v) is 11.6. The molecule has 21 heavy (non-hydrogen) atoms. The molecule has 7 heteroatoms. The Balaban J connectivity index is 2.24. The summed E-state index contributed by atoms with van der Waals surface area (Å²) < 4.78 is 18.8. The van der Waals surface area contributed by atoms with E-state index in [0.717, 1.165) is 0 Å². The highest BCUT2D eigenvalue weighted by molar-refractivity contribution is 6.31. The van der Waals surface area contributed by atoms with Gasteiger partial charge in [0, 0.05) is 18.7 Å². The van der Waals surface area contributed by atoms with Crippen LogP contribution < -0.4 is 10.5 Å². The largest absolute Gasteiger partial charge is 0.488 e. The van der Waals surface area contributed by atoms with Gasteiger partial charge in [-0.3, -0.25) is 10.1 Å². The first-order valence-electron chi connectivity index (χ1n) is 6.05. The smallest absolute Gasteiger partial charge is 0.277 e. The van der Waals surface area contributed by atoms with E-state index in [1.54, 1.807) is 6.07 Å². The molecule has 0 aliphatic rings. The van der Waals surface area contributed by atoms with Crippen LogP contribution in [-0.4, -0.2) is 4.92 Å². The van der Waals surface area contributed by atoms with E-state index in [1.165, 1.54) is 30.3 Å². The van der Waals surface area contributed by atoms with Crippen LogP contribution in [0.3, 0.4) is 0 Å². The van der Waals surface area contributed by atoms with Crippen molar-refractivity contribution in [1.82, 2.24) is 0 Å². The molecule has 2 aromatic rings. The minimum atomic E-state index is -0.540. The molecule has 5 nitrogen and oxygen atoms in total. The van der Waals surface area contributed by atoms with Crippen LogP contribution in [0.4, 0.5) is 10.1 Å². The summed E-state index contributed by atoms with van der Waals surface area (Å²) in [6.07, 6.45) is 0. The predicted octanol–water partition coefficient (Wildman–Crippen LogP) is 3.43. The van der Waals surface area contributed by atoms with Gasteiger partial charge < -0.3 is 10.5 Å². The number of halogens is 2. The maximum atomic E-state index is 13.4. The van der Waals surface area contributed by atoms with Crippen molar-refractivity contribution in [2.24, 2.45) is 5.73 Å². The van der Waals surface area contributed by atoms with Gasteiger partial charge in [0.25, 0.3) is 5.69 Å². The Bertz CT molecular complexity index is 679. The molecule has 0 amide bonds. The van der Waals surface area contributed by atoms with Gasteiger partial charge in [0.05, 0.1) is 15.5 Å². The Morgan fingerprint density at radius 2 is 2.10 bits per heavy atom. The van der Waals surface area contributed by atoms with E-state index < -0.39 is 10.7 Å². The van der Waals surface area contributed by atoms with Gasteiger partial charge in [0.15, 0.2) is 0 Å². The van der Waals surface area contributed by atoms with Crippen LogP contribution in [-0.2, 0) is 13.2 Å². The number of ether oxygens (including phenoxy) is 1. The Labute approximate surface area is 125 Å². The molecular formula is C14H12ClFN2O3. The van der Waals surface area contributed by atoms with Crippen LogP contribution in [0.1, 0.15) is 11.1 Å². The molecule has 0 radical (unpaired) electrons. The van der Waals surface area contributed by atoms with Gasteiger partial charge in [-0.2, -0.15) is 0 Å². The number of benzene rings is 2. The molecule has 2 aromatic carbocycles. The molecule has 0 saturated carbocycles. The molecule has 0 bridgehead atoms. The number of rotatable bonds is 5. The van der Waals surface area contributed by atoms with Gasteiger partial charge >= 0.3 is 0 Å². The lowest BCUT2D eigenvalue weighted by Crippen LogP contribution is -2.03. The van der Waals surface area contributed by atoms with Crippen molar-refractivity contribution in [2.75, 3.05) is 0 Å². The highest BCUT2D eigenvalue weighted by atomic mass is 35.5. The number of nitrogens with zero attached hydrogens (tertiary/aromatic N) is 1. The quantitative estimate of drug-likeness (QED) is 0.678. The van der Waals surface area contributed by atoms with E-state index >= 15 is 0 Å².